The van der Waals surface area contributed by atoms with Gasteiger partial charge in [-0.3, -0.25) is 4.98 Å². The van der Waals surface area contributed by atoms with Gasteiger partial charge in [0.2, 0.25) is 0 Å². The maximum Gasteiger partial charge on any atom is 0.146 e. The molecular weight excluding hydrogens is 294 g/mol. The second-order valence-corrected chi connectivity index (χ2v) is 5.24. The van der Waals surface area contributed by atoms with Gasteiger partial charge in [0.15, 0.2) is 0 Å². The molecule has 1 atom stereocenters. The molecule has 0 aliphatic heterocycles. The lowest BCUT2D eigenvalue weighted by atomic mass is 10.0. The Balaban J connectivity index is 2.24. The molecular formula is C16H17ClF2N2. The zero-order valence-electron chi connectivity index (χ0n) is 11.7. The van der Waals surface area contributed by atoms with E-state index in [2.05, 4.69) is 10.3 Å². The minimum absolute atomic E-state index is 0.0841. The lowest BCUT2D eigenvalue weighted by Crippen LogP contribution is -2.26. The van der Waals surface area contributed by atoms with Gasteiger partial charge in [-0.1, -0.05) is 24.6 Å². The molecule has 0 saturated carbocycles. The van der Waals surface area contributed by atoms with Crippen LogP contribution >= 0.6 is 11.6 Å². The zero-order chi connectivity index (χ0) is 15.2. The molecule has 1 N–H and O–H groups in total. The van der Waals surface area contributed by atoms with Crippen LogP contribution in [0.1, 0.15) is 30.6 Å². The van der Waals surface area contributed by atoms with Crippen molar-refractivity contribution in [2.45, 2.75) is 25.8 Å². The van der Waals surface area contributed by atoms with Crippen molar-refractivity contribution in [3.63, 3.8) is 0 Å². The fourth-order valence-electron chi connectivity index (χ4n) is 2.14. The molecule has 21 heavy (non-hydrogen) atoms. The average molecular weight is 311 g/mol. The maximum absolute atomic E-state index is 13.9. The Labute approximate surface area is 128 Å². The largest absolute Gasteiger partial charge is 0.308 e. The number of rotatable bonds is 6. The summed E-state index contributed by atoms with van der Waals surface area (Å²) in [5.41, 5.74) is 1.09. The molecule has 0 bridgehead atoms. The predicted octanol–water partition coefficient (Wildman–Crippen LogP) is 4.30. The molecule has 1 aromatic carbocycles. The molecule has 0 radical (unpaired) electrons. The quantitative estimate of drug-likeness (QED) is 0.860. The molecule has 112 valence electrons. The summed E-state index contributed by atoms with van der Waals surface area (Å²) in [6, 6.07) is 7.27. The SMILES string of the molecule is CCCNC(Cc1ccc(Cl)c(F)c1)c1ncccc1F. The van der Waals surface area contributed by atoms with Crippen molar-refractivity contribution in [3.8, 4) is 0 Å². The molecule has 0 saturated heterocycles. The third-order valence-corrected chi connectivity index (χ3v) is 3.49. The molecule has 1 unspecified atom stereocenters. The summed E-state index contributed by atoms with van der Waals surface area (Å²) < 4.78 is 27.4. The number of nitrogens with one attached hydrogen (secondary N) is 1. The molecule has 0 aliphatic rings. The number of halogens is 3. The average Bonchev–Trinajstić information content (AvgIpc) is 2.48. The Morgan fingerprint density at radius 3 is 2.71 bits per heavy atom. The second-order valence-electron chi connectivity index (χ2n) is 4.83. The van der Waals surface area contributed by atoms with Crippen LogP contribution in [0.25, 0.3) is 0 Å². The van der Waals surface area contributed by atoms with Crippen LogP contribution in [0.3, 0.4) is 0 Å². The van der Waals surface area contributed by atoms with E-state index < -0.39 is 5.82 Å². The van der Waals surface area contributed by atoms with Crippen LogP contribution in [0.5, 0.6) is 0 Å². The molecule has 0 amide bonds. The Bertz CT molecular complexity index is 605. The standard InChI is InChI=1S/C16H17ClF2N2/c1-2-7-20-15(16-13(18)4-3-8-21-16)10-11-5-6-12(17)14(19)9-11/h3-6,8-9,15,20H,2,7,10H2,1H3. The van der Waals surface area contributed by atoms with Crippen LogP contribution in [0.15, 0.2) is 36.5 Å². The molecule has 2 rings (SSSR count). The number of hydrogen-bond acceptors (Lipinski definition) is 2. The predicted molar refractivity (Wildman–Crippen MR) is 80.3 cm³/mol. The zero-order valence-corrected chi connectivity index (χ0v) is 12.5. The number of aromatic nitrogens is 1. The highest BCUT2D eigenvalue weighted by atomic mass is 35.5. The van der Waals surface area contributed by atoms with Crippen LogP contribution in [-0.2, 0) is 6.42 Å². The van der Waals surface area contributed by atoms with Gasteiger partial charge in [0.05, 0.1) is 16.8 Å². The Morgan fingerprint density at radius 2 is 2.05 bits per heavy atom. The first kappa shape index (κ1) is 15.9. The highest BCUT2D eigenvalue weighted by Gasteiger charge is 2.17. The smallest absolute Gasteiger partial charge is 0.146 e. The van der Waals surface area contributed by atoms with Crippen LogP contribution in [0, 0.1) is 11.6 Å². The topological polar surface area (TPSA) is 24.9 Å². The minimum Gasteiger partial charge on any atom is -0.308 e. The molecule has 1 heterocycles. The van der Waals surface area contributed by atoms with Crippen LogP contribution in [0.4, 0.5) is 8.78 Å². The van der Waals surface area contributed by atoms with Gasteiger partial charge >= 0.3 is 0 Å². The molecule has 5 heteroatoms. The van der Waals surface area contributed by atoms with Gasteiger partial charge in [0, 0.05) is 6.20 Å². The van der Waals surface area contributed by atoms with Crippen LogP contribution in [0.2, 0.25) is 5.02 Å². The normalized spacial score (nSPS) is 12.4. The van der Waals surface area contributed by atoms with Gasteiger partial charge in [0.25, 0.3) is 0 Å². The molecule has 0 fully saturated rings. The van der Waals surface area contributed by atoms with Crippen LogP contribution in [-0.4, -0.2) is 11.5 Å². The summed E-state index contributed by atoms with van der Waals surface area (Å²) in [6.45, 7) is 2.76. The van der Waals surface area contributed by atoms with Crippen molar-refractivity contribution in [1.82, 2.24) is 10.3 Å². The van der Waals surface area contributed by atoms with Gasteiger partial charge in [-0.25, -0.2) is 8.78 Å². The van der Waals surface area contributed by atoms with Gasteiger partial charge in [-0.2, -0.15) is 0 Å². The summed E-state index contributed by atoms with van der Waals surface area (Å²) in [7, 11) is 0. The van der Waals surface area contributed by atoms with Gasteiger partial charge < -0.3 is 5.32 Å². The maximum atomic E-state index is 13.9. The van der Waals surface area contributed by atoms with Crippen molar-refractivity contribution in [3.05, 3.63) is 64.4 Å². The number of nitrogens with zero attached hydrogens (tertiary/aromatic N) is 1. The van der Waals surface area contributed by atoms with E-state index >= 15 is 0 Å². The fourth-order valence-corrected chi connectivity index (χ4v) is 2.26. The number of hydrogen-bond donors (Lipinski definition) is 1. The molecule has 2 aromatic rings. The first-order valence-electron chi connectivity index (χ1n) is 6.89. The van der Waals surface area contributed by atoms with Gasteiger partial charge in [-0.15, -0.1) is 0 Å². The van der Waals surface area contributed by atoms with Crippen molar-refractivity contribution < 1.29 is 8.78 Å². The van der Waals surface area contributed by atoms with Crippen molar-refractivity contribution in [1.29, 1.82) is 0 Å². The second kappa shape index (κ2) is 7.48. The van der Waals surface area contributed by atoms with Gasteiger partial charge in [0.1, 0.15) is 11.6 Å². The fraction of sp³-hybridized carbons (Fsp3) is 0.312. The summed E-state index contributed by atoms with van der Waals surface area (Å²) >= 11 is 5.68. The molecule has 1 aromatic heterocycles. The van der Waals surface area contributed by atoms with Gasteiger partial charge in [-0.05, 0) is 49.2 Å². The monoisotopic (exact) mass is 310 g/mol. The van der Waals surface area contributed by atoms with E-state index in [1.54, 1.807) is 18.3 Å². The van der Waals surface area contributed by atoms with E-state index in [1.807, 2.05) is 6.92 Å². The Hall–Kier alpha value is -1.52. The van der Waals surface area contributed by atoms with Crippen molar-refractivity contribution >= 4 is 11.6 Å². The minimum atomic E-state index is -0.468. The van der Waals surface area contributed by atoms with E-state index in [0.29, 0.717) is 12.1 Å². The Morgan fingerprint density at radius 1 is 1.24 bits per heavy atom. The molecule has 0 aliphatic carbocycles. The Kier molecular flexibility index (Phi) is 5.65. The van der Waals surface area contributed by atoms with Crippen molar-refractivity contribution in [2.75, 3.05) is 6.54 Å². The van der Waals surface area contributed by atoms with E-state index in [-0.39, 0.29) is 16.9 Å². The number of pyridine rings is 1. The third kappa shape index (κ3) is 4.22. The van der Waals surface area contributed by atoms with E-state index in [4.69, 9.17) is 11.6 Å². The van der Waals surface area contributed by atoms with Crippen LogP contribution < -0.4 is 5.32 Å². The lowest BCUT2D eigenvalue weighted by molar-refractivity contribution is 0.482. The summed E-state index contributed by atoms with van der Waals surface area (Å²) in [5, 5.41) is 3.34. The highest BCUT2D eigenvalue weighted by Crippen LogP contribution is 2.22. The van der Waals surface area contributed by atoms with E-state index in [1.165, 1.54) is 18.2 Å². The summed E-state index contributed by atoms with van der Waals surface area (Å²) in [4.78, 5) is 4.11. The van der Waals surface area contributed by atoms with E-state index in [9.17, 15) is 8.78 Å². The number of benzene rings is 1. The molecule has 0 spiro atoms. The first-order valence-corrected chi connectivity index (χ1v) is 7.27. The lowest BCUT2D eigenvalue weighted by Gasteiger charge is -2.18. The summed E-state index contributed by atoms with van der Waals surface area (Å²) in [6.07, 6.45) is 2.92. The molecule has 2 nitrogen and oxygen atoms in total. The highest BCUT2D eigenvalue weighted by molar-refractivity contribution is 6.30. The summed E-state index contributed by atoms with van der Waals surface area (Å²) in [5.74, 6) is -0.828. The van der Waals surface area contributed by atoms with Crippen molar-refractivity contribution in [2.24, 2.45) is 0 Å². The first-order chi connectivity index (χ1) is 10.1. The third-order valence-electron chi connectivity index (χ3n) is 3.18. The van der Waals surface area contributed by atoms with E-state index in [0.717, 1.165) is 18.5 Å².